The minimum atomic E-state index is -0.368. The van der Waals surface area contributed by atoms with E-state index in [1.165, 1.54) is 17.4 Å². The molecular weight excluding hydrogens is 216 g/mol. The summed E-state index contributed by atoms with van der Waals surface area (Å²) in [4.78, 5) is 20.7. The molecule has 0 aliphatic heterocycles. The van der Waals surface area contributed by atoms with Gasteiger partial charge in [-0.15, -0.1) is 0 Å². The summed E-state index contributed by atoms with van der Waals surface area (Å²) in [5.74, 6) is 0.430. The molecule has 5 nitrogen and oxygen atoms in total. The molecule has 1 amide bonds. The van der Waals surface area contributed by atoms with Gasteiger partial charge in [0.15, 0.2) is 0 Å². The Hall–Kier alpha value is -1.36. The van der Waals surface area contributed by atoms with Gasteiger partial charge in [0.2, 0.25) is 5.91 Å². The molecule has 0 saturated carbocycles. The van der Waals surface area contributed by atoms with Crippen LogP contribution >= 0.6 is 11.6 Å². The summed E-state index contributed by atoms with van der Waals surface area (Å²) < 4.78 is 0. The van der Waals surface area contributed by atoms with Crippen LogP contribution in [-0.2, 0) is 4.79 Å². The number of nitrogens with zero attached hydrogens (tertiary/aromatic N) is 3. The van der Waals surface area contributed by atoms with Crippen molar-refractivity contribution in [2.24, 2.45) is 0 Å². The van der Waals surface area contributed by atoms with Crippen molar-refractivity contribution in [3.8, 4) is 0 Å². The quantitative estimate of drug-likeness (QED) is 0.839. The molecule has 82 valence electrons. The minimum absolute atomic E-state index is 0.0373. The van der Waals surface area contributed by atoms with E-state index in [9.17, 15) is 4.79 Å². The predicted octanol–water partition coefficient (Wildman–Crippen LogP) is 1.02. The van der Waals surface area contributed by atoms with Crippen molar-refractivity contribution in [1.82, 2.24) is 14.9 Å². The molecule has 0 bridgehead atoms. The average Bonchev–Trinajstić information content (AvgIpc) is 2.20. The molecule has 1 atom stereocenters. The second-order valence-corrected chi connectivity index (χ2v) is 3.73. The lowest BCUT2D eigenvalue weighted by Crippen LogP contribution is -2.36. The Morgan fingerprint density at radius 3 is 2.80 bits per heavy atom. The SMILES string of the molecule is C[C@H](Nc1ncncc1Cl)C(=O)N(C)C. The predicted molar refractivity (Wildman–Crippen MR) is 58.8 cm³/mol. The number of carbonyl (C=O) groups excluding carboxylic acids is 1. The number of anilines is 1. The fourth-order valence-electron chi connectivity index (χ4n) is 1.07. The van der Waals surface area contributed by atoms with Gasteiger partial charge in [0.1, 0.15) is 23.2 Å². The third-order valence-corrected chi connectivity index (χ3v) is 2.11. The smallest absolute Gasteiger partial charge is 0.244 e. The van der Waals surface area contributed by atoms with Crippen molar-refractivity contribution in [3.05, 3.63) is 17.5 Å². The van der Waals surface area contributed by atoms with Crippen molar-refractivity contribution < 1.29 is 4.79 Å². The lowest BCUT2D eigenvalue weighted by Gasteiger charge is -2.18. The van der Waals surface area contributed by atoms with Gasteiger partial charge in [-0.25, -0.2) is 9.97 Å². The van der Waals surface area contributed by atoms with Gasteiger partial charge in [0.05, 0.1) is 6.20 Å². The molecule has 0 aliphatic carbocycles. The van der Waals surface area contributed by atoms with E-state index in [0.29, 0.717) is 10.8 Å². The summed E-state index contributed by atoms with van der Waals surface area (Å²) in [6, 6.07) is -0.368. The third kappa shape index (κ3) is 3.06. The Morgan fingerprint density at radius 1 is 1.60 bits per heavy atom. The van der Waals surface area contributed by atoms with Crippen LogP contribution < -0.4 is 5.32 Å². The Kier molecular flexibility index (Phi) is 3.85. The van der Waals surface area contributed by atoms with E-state index in [4.69, 9.17) is 11.6 Å². The van der Waals surface area contributed by atoms with Gasteiger partial charge in [0, 0.05) is 14.1 Å². The van der Waals surface area contributed by atoms with Gasteiger partial charge in [-0.1, -0.05) is 11.6 Å². The molecular formula is C9H13ClN4O. The monoisotopic (exact) mass is 228 g/mol. The lowest BCUT2D eigenvalue weighted by molar-refractivity contribution is -0.129. The van der Waals surface area contributed by atoms with E-state index in [2.05, 4.69) is 15.3 Å². The van der Waals surface area contributed by atoms with Gasteiger partial charge in [-0.3, -0.25) is 4.79 Å². The molecule has 1 aromatic heterocycles. The van der Waals surface area contributed by atoms with Crippen molar-refractivity contribution in [2.45, 2.75) is 13.0 Å². The standard InChI is InChI=1S/C9H13ClN4O/c1-6(9(15)14(2)3)13-8-7(10)4-11-5-12-8/h4-6H,1-3H3,(H,11,12,13)/t6-/m0/s1. The topological polar surface area (TPSA) is 58.1 Å². The first kappa shape index (κ1) is 11.7. The van der Waals surface area contributed by atoms with Crippen LogP contribution in [0.25, 0.3) is 0 Å². The van der Waals surface area contributed by atoms with Crippen LogP contribution in [0.15, 0.2) is 12.5 Å². The fourth-order valence-corrected chi connectivity index (χ4v) is 1.23. The van der Waals surface area contributed by atoms with E-state index >= 15 is 0 Å². The molecule has 1 rings (SSSR count). The maximum atomic E-state index is 11.5. The average molecular weight is 229 g/mol. The molecule has 0 unspecified atom stereocenters. The number of hydrogen-bond acceptors (Lipinski definition) is 4. The van der Waals surface area contributed by atoms with E-state index < -0.39 is 0 Å². The first-order valence-electron chi connectivity index (χ1n) is 4.45. The number of likely N-dealkylation sites (N-methyl/N-ethyl adjacent to an activating group) is 1. The zero-order chi connectivity index (χ0) is 11.4. The van der Waals surface area contributed by atoms with Crippen molar-refractivity contribution >= 4 is 23.3 Å². The Labute approximate surface area is 93.5 Å². The Bertz CT molecular complexity index is 356. The summed E-state index contributed by atoms with van der Waals surface area (Å²) in [5, 5.41) is 3.32. The summed E-state index contributed by atoms with van der Waals surface area (Å²) in [5.41, 5.74) is 0. The van der Waals surface area contributed by atoms with E-state index in [1.807, 2.05) is 0 Å². The first-order chi connectivity index (χ1) is 7.02. The number of carbonyl (C=O) groups is 1. The van der Waals surface area contributed by atoms with Crippen LogP contribution in [0, 0.1) is 0 Å². The highest BCUT2D eigenvalue weighted by atomic mass is 35.5. The maximum absolute atomic E-state index is 11.5. The molecule has 0 radical (unpaired) electrons. The minimum Gasteiger partial charge on any atom is -0.357 e. The van der Waals surface area contributed by atoms with Gasteiger partial charge < -0.3 is 10.2 Å². The third-order valence-electron chi connectivity index (χ3n) is 1.83. The molecule has 1 aromatic rings. The summed E-state index contributed by atoms with van der Waals surface area (Å²) >= 11 is 5.84. The number of amides is 1. The van der Waals surface area contributed by atoms with Crippen LogP contribution in [0.4, 0.5) is 5.82 Å². The first-order valence-corrected chi connectivity index (χ1v) is 4.83. The molecule has 1 heterocycles. The molecule has 0 saturated heterocycles. The molecule has 0 spiro atoms. The number of rotatable bonds is 3. The van der Waals surface area contributed by atoms with Crippen molar-refractivity contribution in [1.29, 1.82) is 0 Å². The molecule has 0 aromatic carbocycles. The van der Waals surface area contributed by atoms with Crippen LogP contribution in [0.3, 0.4) is 0 Å². The normalized spacial score (nSPS) is 12.0. The Morgan fingerprint density at radius 2 is 2.27 bits per heavy atom. The van der Waals surface area contributed by atoms with Gasteiger partial charge in [-0.2, -0.15) is 0 Å². The maximum Gasteiger partial charge on any atom is 0.244 e. The molecule has 6 heteroatoms. The second-order valence-electron chi connectivity index (χ2n) is 3.32. The van der Waals surface area contributed by atoms with Gasteiger partial charge >= 0.3 is 0 Å². The van der Waals surface area contributed by atoms with Crippen LogP contribution in [0.1, 0.15) is 6.92 Å². The summed E-state index contributed by atoms with van der Waals surface area (Å²) in [6.45, 7) is 1.75. The molecule has 1 N–H and O–H groups in total. The lowest BCUT2D eigenvalue weighted by atomic mass is 10.3. The van der Waals surface area contributed by atoms with E-state index in [1.54, 1.807) is 21.0 Å². The highest BCUT2D eigenvalue weighted by Crippen LogP contribution is 2.17. The van der Waals surface area contributed by atoms with Gasteiger partial charge in [0.25, 0.3) is 0 Å². The van der Waals surface area contributed by atoms with Gasteiger partial charge in [-0.05, 0) is 6.92 Å². The number of hydrogen-bond donors (Lipinski definition) is 1. The van der Waals surface area contributed by atoms with Crippen LogP contribution in [0.5, 0.6) is 0 Å². The van der Waals surface area contributed by atoms with E-state index in [-0.39, 0.29) is 11.9 Å². The highest BCUT2D eigenvalue weighted by molar-refractivity contribution is 6.32. The molecule has 0 aliphatic rings. The van der Waals surface area contributed by atoms with Crippen LogP contribution in [0.2, 0.25) is 5.02 Å². The van der Waals surface area contributed by atoms with Crippen molar-refractivity contribution in [3.63, 3.8) is 0 Å². The Balaban J connectivity index is 2.71. The number of aromatic nitrogens is 2. The number of nitrogens with one attached hydrogen (secondary N) is 1. The van der Waals surface area contributed by atoms with Crippen LogP contribution in [-0.4, -0.2) is 40.9 Å². The fraction of sp³-hybridized carbons (Fsp3) is 0.444. The van der Waals surface area contributed by atoms with Crippen molar-refractivity contribution in [2.75, 3.05) is 19.4 Å². The summed E-state index contributed by atoms with van der Waals surface area (Å²) in [6.07, 6.45) is 2.85. The number of halogens is 1. The van der Waals surface area contributed by atoms with E-state index in [0.717, 1.165) is 0 Å². The molecule has 0 fully saturated rings. The zero-order valence-electron chi connectivity index (χ0n) is 8.86. The highest BCUT2D eigenvalue weighted by Gasteiger charge is 2.15. The largest absolute Gasteiger partial charge is 0.357 e. The second kappa shape index (κ2) is 4.93. The summed E-state index contributed by atoms with van der Waals surface area (Å²) in [7, 11) is 3.39. The molecule has 15 heavy (non-hydrogen) atoms. The zero-order valence-corrected chi connectivity index (χ0v) is 9.62.